The minimum Gasteiger partial charge on any atom is -0.506 e. The molecule has 2 aromatic rings. The van der Waals surface area contributed by atoms with E-state index in [9.17, 15) is 14.7 Å². The number of halogens is 1. The monoisotopic (exact) mass is 492 g/mol. The number of carbonyl (C=O) groups is 1. The van der Waals surface area contributed by atoms with Gasteiger partial charge >= 0.3 is 0 Å². The molecule has 2 N–H and O–H groups in total. The normalized spacial score (nSPS) is 22.5. The Hall–Kier alpha value is -1.97. The Balaban J connectivity index is 1.67. The van der Waals surface area contributed by atoms with Crippen LogP contribution in [0.3, 0.4) is 0 Å². The number of ether oxygens (including phenoxy) is 1. The summed E-state index contributed by atoms with van der Waals surface area (Å²) in [4.78, 5) is 33.0. The van der Waals surface area contributed by atoms with Gasteiger partial charge < -0.3 is 15.2 Å². The highest BCUT2D eigenvalue weighted by Gasteiger charge is 2.27. The lowest BCUT2D eigenvalue weighted by Crippen LogP contribution is -2.42. The second kappa shape index (κ2) is 9.67. The predicted molar refractivity (Wildman–Crippen MR) is 122 cm³/mol. The van der Waals surface area contributed by atoms with Crippen molar-refractivity contribution < 1.29 is 14.6 Å². The quantitative estimate of drug-likeness (QED) is 0.665. The van der Waals surface area contributed by atoms with Crippen molar-refractivity contribution >= 4 is 32.9 Å². The molecule has 168 valence electrons. The van der Waals surface area contributed by atoms with Gasteiger partial charge in [0, 0.05) is 42.9 Å². The van der Waals surface area contributed by atoms with E-state index in [1.54, 1.807) is 12.3 Å². The molecule has 2 fully saturated rings. The van der Waals surface area contributed by atoms with Gasteiger partial charge in [-0.2, -0.15) is 0 Å². The third-order valence-corrected chi connectivity index (χ3v) is 6.80. The molecular weight excluding hydrogens is 464 g/mol. The summed E-state index contributed by atoms with van der Waals surface area (Å²) in [5.41, 5.74) is -0.329. The van der Waals surface area contributed by atoms with Crippen LogP contribution in [0.4, 0.5) is 0 Å². The van der Waals surface area contributed by atoms with Crippen LogP contribution in [0.25, 0.3) is 11.0 Å². The number of hydrogen-bond acceptors (Lipinski definition) is 6. The average molecular weight is 493 g/mol. The van der Waals surface area contributed by atoms with Crippen molar-refractivity contribution in [1.82, 2.24) is 19.8 Å². The molecule has 0 unspecified atom stereocenters. The van der Waals surface area contributed by atoms with E-state index in [1.165, 1.54) is 4.57 Å². The van der Waals surface area contributed by atoms with Gasteiger partial charge in [-0.05, 0) is 53.6 Å². The maximum Gasteiger partial charge on any atom is 0.268 e. The second-order valence-corrected chi connectivity index (χ2v) is 9.51. The van der Waals surface area contributed by atoms with Crippen LogP contribution >= 0.6 is 15.9 Å². The first-order chi connectivity index (χ1) is 14.9. The zero-order valence-electron chi connectivity index (χ0n) is 17.8. The molecule has 1 saturated heterocycles. The topological polar surface area (TPSA) is 96.7 Å². The second-order valence-electron chi connectivity index (χ2n) is 8.59. The van der Waals surface area contributed by atoms with E-state index in [4.69, 9.17) is 4.74 Å². The molecule has 1 aliphatic heterocycles. The first-order valence-corrected chi connectivity index (χ1v) is 11.8. The number of fused-ring (bicyclic) bond motifs is 1. The number of aromatic hydroxyl groups is 1. The third kappa shape index (κ3) is 4.94. The molecule has 0 bridgehead atoms. The molecule has 1 amide bonds. The average Bonchev–Trinajstić information content (AvgIpc) is 2.76. The van der Waals surface area contributed by atoms with Crippen molar-refractivity contribution in [3.8, 4) is 5.75 Å². The molecule has 8 nitrogen and oxygen atoms in total. The standard InChI is InChI=1S/C22H29BrN4O4/c1-14-2-4-16(5-3-14)25-21(29)18-19(28)17-12-15(23)13-24-20(17)27(22(18)30)7-6-26-8-10-31-11-9-26/h12-14,16,28H,2-11H2,1H3,(H,25,29). The highest BCUT2D eigenvalue weighted by molar-refractivity contribution is 9.10. The van der Waals surface area contributed by atoms with Crippen LogP contribution < -0.4 is 10.9 Å². The van der Waals surface area contributed by atoms with Crippen LogP contribution in [-0.4, -0.2) is 64.4 Å². The van der Waals surface area contributed by atoms with Gasteiger partial charge in [0.2, 0.25) is 0 Å². The first kappa shape index (κ1) is 22.2. The van der Waals surface area contributed by atoms with Gasteiger partial charge in [-0.15, -0.1) is 0 Å². The van der Waals surface area contributed by atoms with Crippen LogP contribution in [0.5, 0.6) is 5.75 Å². The molecule has 31 heavy (non-hydrogen) atoms. The molecule has 0 radical (unpaired) electrons. The maximum atomic E-state index is 13.3. The number of hydrogen-bond donors (Lipinski definition) is 2. The minimum absolute atomic E-state index is 0.0284. The van der Waals surface area contributed by atoms with Crippen LogP contribution in [-0.2, 0) is 11.3 Å². The molecule has 0 aromatic carbocycles. The lowest BCUT2D eigenvalue weighted by Gasteiger charge is -2.27. The highest BCUT2D eigenvalue weighted by Crippen LogP contribution is 2.29. The molecule has 3 heterocycles. The van der Waals surface area contributed by atoms with Crippen molar-refractivity contribution in [2.45, 2.75) is 45.2 Å². The summed E-state index contributed by atoms with van der Waals surface area (Å²) in [5.74, 6) is -0.162. The number of morpholine rings is 1. The maximum absolute atomic E-state index is 13.3. The molecular formula is C22H29BrN4O4. The van der Waals surface area contributed by atoms with Crippen LogP contribution in [0.1, 0.15) is 43.0 Å². The van der Waals surface area contributed by atoms with E-state index < -0.39 is 11.5 Å². The van der Waals surface area contributed by atoms with Crippen molar-refractivity contribution in [2.75, 3.05) is 32.8 Å². The van der Waals surface area contributed by atoms with E-state index in [-0.39, 0.29) is 17.4 Å². The summed E-state index contributed by atoms with van der Waals surface area (Å²) < 4.78 is 7.57. The number of pyridine rings is 2. The lowest BCUT2D eigenvalue weighted by atomic mass is 9.87. The van der Waals surface area contributed by atoms with E-state index in [0.29, 0.717) is 47.7 Å². The minimum atomic E-state index is -0.510. The van der Waals surface area contributed by atoms with Gasteiger partial charge in [-0.1, -0.05) is 6.92 Å². The summed E-state index contributed by atoms with van der Waals surface area (Å²) in [5, 5.41) is 14.2. The third-order valence-electron chi connectivity index (χ3n) is 6.36. The van der Waals surface area contributed by atoms with Crippen LogP contribution in [0.15, 0.2) is 21.5 Å². The van der Waals surface area contributed by atoms with Crippen LogP contribution in [0.2, 0.25) is 0 Å². The summed E-state index contributed by atoms with van der Waals surface area (Å²) in [7, 11) is 0. The van der Waals surface area contributed by atoms with E-state index in [1.807, 2.05) is 0 Å². The fourth-order valence-electron chi connectivity index (χ4n) is 4.43. The Morgan fingerprint density at radius 2 is 1.97 bits per heavy atom. The largest absolute Gasteiger partial charge is 0.506 e. The van der Waals surface area contributed by atoms with Crippen molar-refractivity contribution in [2.24, 2.45) is 5.92 Å². The van der Waals surface area contributed by atoms with Gasteiger partial charge in [0.1, 0.15) is 17.0 Å². The Kier molecular flexibility index (Phi) is 6.93. The van der Waals surface area contributed by atoms with Gasteiger partial charge in [-0.3, -0.25) is 19.1 Å². The molecule has 1 saturated carbocycles. The van der Waals surface area contributed by atoms with E-state index in [0.717, 1.165) is 38.8 Å². The van der Waals surface area contributed by atoms with Crippen molar-refractivity contribution in [3.05, 3.63) is 32.7 Å². The fourth-order valence-corrected chi connectivity index (χ4v) is 4.76. The summed E-state index contributed by atoms with van der Waals surface area (Å²) in [6.45, 7) is 6.18. The van der Waals surface area contributed by atoms with Crippen LogP contribution in [0, 0.1) is 5.92 Å². The Morgan fingerprint density at radius 3 is 2.68 bits per heavy atom. The molecule has 0 spiro atoms. The number of carbonyl (C=O) groups excluding carboxylic acids is 1. The zero-order valence-corrected chi connectivity index (χ0v) is 19.4. The fraction of sp³-hybridized carbons (Fsp3) is 0.591. The Bertz CT molecular complexity index is 1010. The van der Waals surface area contributed by atoms with Gasteiger partial charge in [0.25, 0.3) is 11.5 Å². The van der Waals surface area contributed by atoms with E-state index in [2.05, 4.69) is 38.1 Å². The number of aromatic nitrogens is 2. The van der Waals surface area contributed by atoms with Crippen molar-refractivity contribution in [3.63, 3.8) is 0 Å². The lowest BCUT2D eigenvalue weighted by molar-refractivity contribution is 0.0364. The molecule has 0 atom stereocenters. The molecule has 2 aromatic heterocycles. The summed E-state index contributed by atoms with van der Waals surface area (Å²) in [6, 6.07) is 1.72. The number of amides is 1. The van der Waals surface area contributed by atoms with E-state index >= 15 is 0 Å². The van der Waals surface area contributed by atoms with Gasteiger partial charge in [0.05, 0.1) is 18.6 Å². The van der Waals surface area contributed by atoms with Gasteiger partial charge in [-0.25, -0.2) is 4.98 Å². The zero-order chi connectivity index (χ0) is 22.0. The SMILES string of the molecule is CC1CCC(NC(=O)c2c(O)c3cc(Br)cnc3n(CCN3CCOCC3)c2=O)CC1. The first-order valence-electron chi connectivity index (χ1n) is 11.0. The highest BCUT2D eigenvalue weighted by atomic mass is 79.9. The molecule has 4 rings (SSSR count). The Labute approximate surface area is 189 Å². The number of rotatable bonds is 5. The Morgan fingerprint density at radius 1 is 1.26 bits per heavy atom. The summed E-state index contributed by atoms with van der Waals surface area (Å²) >= 11 is 3.37. The van der Waals surface area contributed by atoms with Gasteiger partial charge in [0.15, 0.2) is 0 Å². The smallest absolute Gasteiger partial charge is 0.268 e. The molecule has 9 heteroatoms. The molecule has 1 aliphatic carbocycles. The van der Waals surface area contributed by atoms with Crippen molar-refractivity contribution in [1.29, 1.82) is 0 Å². The number of nitrogens with one attached hydrogen (secondary N) is 1. The number of nitrogens with zero attached hydrogens (tertiary/aromatic N) is 3. The molecule has 2 aliphatic rings. The predicted octanol–water partition coefficient (Wildman–Crippen LogP) is 2.51. The summed E-state index contributed by atoms with van der Waals surface area (Å²) in [6.07, 6.45) is 5.47.